The Morgan fingerprint density at radius 2 is 2.10 bits per heavy atom. The van der Waals surface area contributed by atoms with Crippen LogP contribution in [0.15, 0.2) is 29.7 Å². The van der Waals surface area contributed by atoms with E-state index in [1.165, 1.54) is 31.8 Å². The van der Waals surface area contributed by atoms with E-state index < -0.39 is 5.82 Å². The highest BCUT2D eigenvalue weighted by atomic mass is 19.1. The summed E-state index contributed by atoms with van der Waals surface area (Å²) < 4.78 is 20.6. The summed E-state index contributed by atoms with van der Waals surface area (Å²) in [6, 6.07) is 5.03. The Morgan fingerprint density at radius 3 is 2.94 bits per heavy atom. The number of piperidine rings is 1. The quantitative estimate of drug-likeness (QED) is 0.321. The number of aromatic amines is 1. The SMILES string of the molecule is Cc1cc2c(F)c(Oc3ncnc(N)c3C=NOCCCN3CCCCC3)ccc2[nH]1. The minimum Gasteiger partial charge on any atom is -0.435 e. The number of nitrogen functional groups attached to an aromatic ring is 1. The van der Waals surface area contributed by atoms with E-state index in [-0.39, 0.29) is 17.4 Å². The maximum atomic E-state index is 14.9. The number of rotatable bonds is 8. The number of anilines is 1. The van der Waals surface area contributed by atoms with Crippen LogP contribution in [-0.2, 0) is 4.84 Å². The molecule has 9 heteroatoms. The summed E-state index contributed by atoms with van der Waals surface area (Å²) in [7, 11) is 0. The molecule has 0 saturated carbocycles. The molecule has 2 aromatic heterocycles. The standard InChI is InChI=1S/C22H27FN6O2/c1-15-12-16-18(28-15)6-7-19(20(16)23)31-22-17(21(24)25-14-26-22)13-27-30-11-5-10-29-8-3-2-4-9-29/h6-7,12-14,28H,2-5,8-11H2,1H3,(H2,24,25,26). The summed E-state index contributed by atoms with van der Waals surface area (Å²) in [5, 5.41) is 4.43. The van der Waals surface area contributed by atoms with Crippen molar-refractivity contribution in [2.75, 3.05) is 32.0 Å². The Balaban J connectivity index is 1.40. The number of fused-ring (bicyclic) bond motifs is 1. The van der Waals surface area contributed by atoms with Crippen LogP contribution in [0.25, 0.3) is 10.9 Å². The largest absolute Gasteiger partial charge is 0.435 e. The summed E-state index contributed by atoms with van der Waals surface area (Å²) in [5.74, 6) is -0.152. The van der Waals surface area contributed by atoms with Gasteiger partial charge in [0.05, 0.1) is 6.21 Å². The van der Waals surface area contributed by atoms with E-state index in [1.807, 2.05) is 6.92 Å². The van der Waals surface area contributed by atoms with E-state index in [2.05, 4.69) is 25.0 Å². The molecule has 1 aromatic carbocycles. The predicted molar refractivity (Wildman–Crippen MR) is 118 cm³/mol. The first-order valence-corrected chi connectivity index (χ1v) is 10.6. The maximum absolute atomic E-state index is 14.9. The fourth-order valence-corrected chi connectivity index (χ4v) is 3.74. The lowest BCUT2D eigenvalue weighted by molar-refractivity contribution is 0.125. The number of nitrogens with zero attached hydrogens (tertiary/aromatic N) is 4. The van der Waals surface area contributed by atoms with Crippen molar-refractivity contribution < 1.29 is 14.0 Å². The number of halogens is 1. The van der Waals surface area contributed by atoms with Gasteiger partial charge in [-0.25, -0.2) is 14.4 Å². The van der Waals surface area contributed by atoms with Crippen LogP contribution in [0.4, 0.5) is 10.2 Å². The molecule has 4 rings (SSSR count). The zero-order chi connectivity index (χ0) is 21.6. The Morgan fingerprint density at radius 1 is 1.26 bits per heavy atom. The lowest BCUT2D eigenvalue weighted by Gasteiger charge is -2.25. The second-order valence-electron chi connectivity index (χ2n) is 7.69. The van der Waals surface area contributed by atoms with Gasteiger partial charge in [-0.15, -0.1) is 0 Å². The van der Waals surface area contributed by atoms with Crippen molar-refractivity contribution in [3.8, 4) is 11.6 Å². The van der Waals surface area contributed by atoms with E-state index in [0.29, 0.717) is 23.1 Å². The molecule has 1 fully saturated rings. The third kappa shape index (κ3) is 5.11. The van der Waals surface area contributed by atoms with E-state index >= 15 is 0 Å². The first-order valence-electron chi connectivity index (χ1n) is 10.6. The second kappa shape index (κ2) is 9.74. The zero-order valence-corrected chi connectivity index (χ0v) is 17.6. The highest BCUT2D eigenvalue weighted by Gasteiger charge is 2.15. The van der Waals surface area contributed by atoms with Crippen LogP contribution in [0.1, 0.15) is 36.9 Å². The van der Waals surface area contributed by atoms with E-state index in [1.54, 1.807) is 18.2 Å². The van der Waals surface area contributed by atoms with Crippen molar-refractivity contribution in [1.29, 1.82) is 0 Å². The Labute approximate surface area is 180 Å². The number of ether oxygens (including phenoxy) is 1. The van der Waals surface area contributed by atoms with E-state index in [0.717, 1.165) is 31.7 Å². The molecule has 3 aromatic rings. The van der Waals surface area contributed by atoms with Crippen molar-refractivity contribution >= 4 is 22.9 Å². The van der Waals surface area contributed by atoms with Gasteiger partial charge in [0.25, 0.3) is 0 Å². The van der Waals surface area contributed by atoms with Crippen LogP contribution >= 0.6 is 0 Å². The van der Waals surface area contributed by atoms with Crippen LogP contribution in [-0.4, -0.2) is 52.3 Å². The fourth-order valence-electron chi connectivity index (χ4n) is 3.74. The second-order valence-corrected chi connectivity index (χ2v) is 7.69. The predicted octanol–water partition coefficient (Wildman–Crippen LogP) is 4.01. The summed E-state index contributed by atoms with van der Waals surface area (Å²) in [4.78, 5) is 19.0. The molecule has 8 nitrogen and oxygen atoms in total. The molecule has 3 N–H and O–H groups in total. The Bertz CT molecular complexity index is 1060. The molecule has 0 unspecified atom stereocenters. The normalized spacial score (nSPS) is 15.0. The number of oxime groups is 1. The first-order chi connectivity index (χ1) is 15.1. The molecule has 1 aliphatic rings. The maximum Gasteiger partial charge on any atom is 0.233 e. The van der Waals surface area contributed by atoms with Gasteiger partial charge in [-0.3, -0.25) is 0 Å². The molecule has 3 heterocycles. The number of aryl methyl sites for hydroxylation is 1. The molecule has 1 aliphatic heterocycles. The van der Waals surface area contributed by atoms with Crippen LogP contribution in [0, 0.1) is 12.7 Å². The lowest BCUT2D eigenvalue weighted by atomic mass is 10.1. The molecule has 0 atom stereocenters. The van der Waals surface area contributed by atoms with Crippen molar-refractivity contribution in [3.05, 3.63) is 41.6 Å². The van der Waals surface area contributed by atoms with Gasteiger partial charge in [0, 0.05) is 23.1 Å². The smallest absolute Gasteiger partial charge is 0.233 e. The van der Waals surface area contributed by atoms with Gasteiger partial charge in [0.15, 0.2) is 11.6 Å². The Hall–Kier alpha value is -3.20. The summed E-state index contributed by atoms with van der Waals surface area (Å²) in [6.45, 7) is 5.68. The number of aromatic nitrogens is 3. The molecular weight excluding hydrogens is 399 g/mol. The number of hydrogen-bond acceptors (Lipinski definition) is 7. The van der Waals surface area contributed by atoms with Gasteiger partial charge in [-0.1, -0.05) is 11.6 Å². The van der Waals surface area contributed by atoms with Crippen molar-refractivity contribution in [3.63, 3.8) is 0 Å². The first kappa shape index (κ1) is 21.0. The fraction of sp³-hybridized carbons (Fsp3) is 0.409. The summed E-state index contributed by atoms with van der Waals surface area (Å²) >= 11 is 0. The molecular formula is C22H27FN6O2. The van der Waals surface area contributed by atoms with Gasteiger partial charge in [-0.05, 0) is 57.5 Å². The molecule has 1 saturated heterocycles. The number of hydrogen-bond donors (Lipinski definition) is 2. The topological polar surface area (TPSA) is 102 Å². The van der Waals surface area contributed by atoms with Gasteiger partial charge < -0.3 is 25.2 Å². The minimum atomic E-state index is -0.476. The van der Waals surface area contributed by atoms with E-state index in [4.69, 9.17) is 15.3 Å². The Kier molecular flexibility index (Phi) is 6.61. The van der Waals surface area contributed by atoms with Gasteiger partial charge in [-0.2, -0.15) is 0 Å². The minimum absolute atomic E-state index is 0.0432. The average molecular weight is 426 g/mol. The summed E-state index contributed by atoms with van der Waals surface area (Å²) in [6.07, 6.45) is 7.42. The number of H-pyrrole nitrogens is 1. The molecule has 0 spiro atoms. The third-order valence-corrected chi connectivity index (χ3v) is 5.34. The van der Waals surface area contributed by atoms with Crippen LogP contribution < -0.4 is 10.5 Å². The molecule has 0 amide bonds. The van der Waals surface area contributed by atoms with Crippen molar-refractivity contribution in [1.82, 2.24) is 19.9 Å². The monoisotopic (exact) mass is 426 g/mol. The van der Waals surface area contributed by atoms with Crippen LogP contribution in [0.2, 0.25) is 0 Å². The van der Waals surface area contributed by atoms with Crippen LogP contribution in [0.5, 0.6) is 11.6 Å². The third-order valence-electron chi connectivity index (χ3n) is 5.34. The number of nitrogens with one attached hydrogen (secondary N) is 1. The van der Waals surface area contributed by atoms with E-state index in [9.17, 15) is 4.39 Å². The number of likely N-dealkylation sites (tertiary alicyclic amines) is 1. The zero-order valence-electron chi connectivity index (χ0n) is 17.6. The van der Waals surface area contributed by atoms with Gasteiger partial charge in [0.2, 0.25) is 5.88 Å². The average Bonchev–Trinajstić information content (AvgIpc) is 3.16. The van der Waals surface area contributed by atoms with Crippen molar-refractivity contribution in [2.24, 2.45) is 5.16 Å². The highest BCUT2D eigenvalue weighted by molar-refractivity contribution is 5.88. The number of nitrogens with two attached hydrogens (primary N) is 1. The van der Waals surface area contributed by atoms with Crippen LogP contribution in [0.3, 0.4) is 0 Å². The molecule has 0 aliphatic carbocycles. The van der Waals surface area contributed by atoms with Gasteiger partial charge in [0.1, 0.15) is 24.3 Å². The van der Waals surface area contributed by atoms with Crippen molar-refractivity contribution in [2.45, 2.75) is 32.6 Å². The highest BCUT2D eigenvalue weighted by Crippen LogP contribution is 2.31. The summed E-state index contributed by atoms with van der Waals surface area (Å²) in [5.41, 5.74) is 7.86. The molecule has 31 heavy (non-hydrogen) atoms. The molecule has 0 bridgehead atoms. The lowest BCUT2D eigenvalue weighted by Crippen LogP contribution is -2.31. The molecule has 164 valence electrons. The number of benzene rings is 1. The molecule has 0 radical (unpaired) electrons. The van der Waals surface area contributed by atoms with Gasteiger partial charge >= 0.3 is 0 Å².